The Labute approximate surface area is 108 Å². The normalized spacial score (nSPS) is 26.5. The molecule has 1 amide bonds. The van der Waals surface area contributed by atoms with E-state index in [0.717, 1.165) is 37.9 Å². The number of hydrogen-bond donors (Lipinski definition) is 3. The van der Waals surface area contributed by atoms with Crippen LogP contribution in [-0.4, -0.2) is 41.7 Å². The summed E-state index contributed by atoms with van der Waals surface area (Å²) in [7, 11) is 0. The van der Waals surface area contributed by atoms with Gasteiger partial charge in [0, 0.05) is 6.54 Å². The van der Waals surface area contributed by atoms with Crippen LogP contribution in [0.15, 0.2) is 0 Å². The fraction of sp³-hybridized carbons (Fsp3) is 0.917. The molecule has 0 aromatic heterocycles. The van der Waals surface area contributed by atoms with Crippen LogP contribution in [0.1, 0.15) is 32.1 Å². The summed E-state index contributed by atoms with van der Waals surface area (Å²) in [6, 6.07) is -0.393. The Kier molecular flexibility index (Phi) is 6.92. The largest absolute Gasteiger partial charge is 0.393 e. The third-order valence-corrected chi connectivity index (χ3v) is 3.93. The lowest BCUT2D eigenvalue weighted by molar-refractivity contribution is -0.122. The van der Waals surface area contributed by atoms with Gasteiger partial charge in [-0.1, -0.05) is 6.42 Å². The second kappa shape index (κ2) is 7.95. The Hall–Kier alpha value is -0.260. The van der Waals surface area contributed by atoms with Crippen LogP contribution in [0, 0.1) is 5.92 Å². The van der Waals surface area contributed by atoms with Gasteiger partial charge in [-0.05, 0) is 43.6 Å². The Morgan fingerprint density at radius 3 is 3.00 bits per heavy atom. The predicted molar refractivity (Wildman–Crippen MR) is 71.9 cm³/mol. The number of aliphatic hydroxyl groups excluding tert-OH is 1. The first-order chi connectivity index (χ1) is 8.13. The van der Waals surface area contributed by atoms with Gasteiger partial charge in [0.25, 0.3) is 0 Å². The van der Waals surface area contributed by atoms with Crippen LogP contribution in [0.25, 0.3) is 0 Å². The molecule has 1 aliphatic carbocycles. The number of nitrogens with one attached hydrogen (secondary N) is 1. The summed E-state index contributed by atoms with van der Waals surface area (Å²) in [5, 5.41) is 12.4. The fourth-order valence-corrected chi connectivity index (χ4v) is 2.69. The molecule has 5 heteroatoms. The van der Waals surface area contributed by atoms with E-state index in [1.165, 1.54) is 0 Å². The minimum absolute atomic E-state index is 0.0564. The molecule has 1 saturated carbocycles. The van der Waals surface area contributed by atoms with E-state index in [0.29, 0.717) is 12.5 Å². The second-order valence-corrected chi connectivity index (χ2v) is 5.81. The van der Waals surface area contributed by atoms with Gasteiger partial charge in [-0.25, -0.2) is 0 Å². The highest BCUT2D eigenvalue weighted by molar-refractivity contribution is 7.98. The van der Waals surface area contributed by atoms with E-state index in [9.17, 15) is 9.90 Å². The van der Waals surface area contributed by atoms with E-state index in [1.807, 2.05) is 6.26 Å². The molecule has 1 fully saturated rings. The maximum Gasteiger partial charge on any atom is 0.236 e. The first-order valence-corrected chi connectivity index (χ1v) is 7.73. The minimum Gasteiger partial charge on any atom is -0.393 e. The van der Waals surface area contributed by atoms with Crippen molar-refractivity contribution in [2.45, 2.75) is 44.2 Å². The molecule has 4 N–H and O–H groups in total. The van der Waals surface area contributed by atoms with Crippen LogP contribution < -0.4 is 11.1 Å². The number of amides is 1. The molecule has 0 aliphatic heterocycles. The third kappa shape index (κ3) is 5.75. The molecule has 0 aromatic carbocycles. The van der Waals surface area contributed by atoms with Crippen molar-refractivity contribution in [2.24, 2.45) is 11.7 Å². The lowest BCUT2D eigenvalue weighted by Crippen LogP contribution is -2.43. The molecule has 3 atom stereocenters. The highest BCUT2D eigenvalue weighted by Crippen LogP contribution is 2.23. The lowest BCUT2D eigenvalue weighted by Gasteiger charge is -2.26. The predicted octanol–water partition coefficient (Wildman–Crippen LogP) is 0.734. The summed E-state index contributed by atoms with van der Waals surface area (Å²) < 4.78 is 0. The molecule has 1 rings (SSSR count). The van der Waals surface area contributed by atoms with Crippen LogP contribution >= 0.6 is 11.8 Å². The lowest BCUT2D eigenvalue weighted by atomic mass is 9.87. The highest BCUT2D eigenvalue weighted by atomic mass is 32.2. The summed E-state index contributed by atoms with van der Waals surface area (Å²) in [6.07, 6.45) is 6.40. The van der Waals surface area contributed by atoms with E-state index < -0.39 is 6.04 Å². The van der Waals surface area contributed by atoms with Crippen molar-refractivity contribution in [3.05, 3.63) is 0 Å². The maximum atomic E-state index is 11.7. The Balaban J connectivity index is 2.18. The molecule has 17 heavy (non-hydrogen) atoms. The molecule has 2 unspecified atom stereocenters. The van der Waals surface area contributed by atoms with Crippen molar-refractivity contribution in [3.8, 4) is 0 Å². The highest BCUT2D eigenvalue weighted by Gasteiger charge is 2.21. The van der Waals surface area contributed by atoms with Crippen LogP contribution in [0.2, 0.25) is 0 Å². The number of rotatable bonds is 6. The third-order valence-electron chi connectivity index (χ3n) is 3.29. The Morgan fingerprint density at radius 1 is 1.59 bits per heavy atom. The van der Waals surface area contributed by atoms with Crippen LogP contribution in [0.5, 0.6) is 0 Å². The molecule has 4 nitrogen and oxygen atoms in total. The molecule has 0 saturated heterocycles. The smallest absolute Gasteiger partial charge is 0.236 e. The molecular weight excluding hydrogens is 236 g/mol. The van der Waals surface area contributed by atoms with Crippen molar-refractivity contribution in [3.63, 3.8) is 0 Å². The van der Waals surface area contributed by atoms with E-state index in [1.54, 1.807) is 11.8 Å². The van der Waals surface area contributed by atoms with E-state index >= 15 is 0 Å². The standard InChI is InChI=1S/C12H24N2O2S/c1-17-6-5-11(13)12(16)14-8-9-3-2-4-10(15)7-9/h9-11,15H,2-8,13H2,1H3,(H,14,16)/t9?,10?,11-/m1/s1. The number of carbonyl (C=O) groups excluding carboxylic acids is 1. The van der Waals surface area contributed by atoms with Crippen molar-refractivity contribution >= 4 is 17.7 Å². The maximum absolute atomic E-state index is 11.7. The van der Waals surface area contributed by atoms with E-state index in [2.05, 4.69) is 5.32 Å². The zero-order valence-electron chi connectivity index (χ0n) is 10.5. The van der Waals surface area contributed by atoms with Crippen molar-refractivity contribution < 1.29 is 9.90 Å². The molecule has 0 radical (unpaired) electrons. The average Bonchev–Trinajstić information content (AvgIpc) is 2.33. The van der Waals surface area contributed by atoms with Gasteiger partial charge >= 0.3 is 0 Å². The zero-order valence-corrected chi connectivity index (χ0v) is 11.3. The topological polar surface area (TPSA) is 75.4 Å². The summed E-state index contributed by atoms with van der Waals surface area (Å²) in [5.41, 5.74) is 5.77. The van der Waals surface area contributed by atoms with Gasteiger partial charge in [-0.3, -0.25) is 4.79 Å². The quantitative estimate of drug-likeness (QED) is 0.658. The number of hydrogen-bond acceptors (Lipinski definition) is 4. The molecule has 0 bridgehead atoms. The number of nitrogens with two attached hydrogens (primary N) is 1. The van der Waals surface area contributed by atoms with Crippen molar-refractivity contribution in [1.82, 2.24) is 5.32 Å². The summed E-state index contributed by atoms with van der Waals surface area (Å²) >= 11 is 1.70. The molecule has 0 heterocycles. The van der Waals surface area contributed by atoms with Gasteiger partial charge in [0.05, 0.1) is 12.1 Å². The monoisotopic (exact) mass is 260 g/mol. The van der Waals surface area contributed by atoms with Crippen LogP contribution in [-0.2, 0) is 4.79 Å². The summed E-state index contributed by atoms with van der Waals surface area (Å²) in [4.78, 5) is 11.7. The average molecular weight is 260 g/mol. The van der Waals surface area contributed by atoms with Crippen molar-refractivity contribution in [1.29, 1.82) is 0 Å². The van der Waals surface area contributed by atoms with Gasteiger partial charge < -0.3 is 16.2 Å². The Bertz CT molecular complexity index is 239. The summed E-state index contributed by atoms with van der Waals surface area (Å²) in [5.74, 6) is 1.27. The SMILES string of the molecule is CSCC[C@@H](N)C(=O)NCC1CCCC(O)C1. The van der Waals surface area contributed by atoms with E-state index in [4.69, 9.17) is 5.73 Å². The summed E-state index contributed by atoms with van der Waals surface area (Å²) in [6.45, 7) is 0.656. The Morgan fingerprint density at radius 2 is 2.35 bits per heavy atom. The van der Waals surface area contributed by atoms with Gasteiger partial charge in [-0.2, -0.15) is 11.8 Å². The van der Waals surface area contributed by atoms with Crippen molar-refractivity contribution in [2.75, 3.05) is 18.6 Å². The van der Waals surface area contributed by atoms with E-state index in [-0.39, 0.29) is 12.0 Å². The molecule has 0 spiro atoms. The molecular formula is C12H24N2O2S. The fourth-order valence-electron chi connectivity index (χ4n) is 2.20. The second-order valence-electron chi connectivity index (χ2n) is 4.82. The van der Waals surface area contributed by atoms with Gasteiger partial charge in [0.15, 0.2) is 0 Å². The first kappa shape index (κ1) is 14.8. The molecule has 0 aromatic rings. The molecule has 1 aliphatic rings. The number of aliphatic hydroxyl groups is 1. The van der Waals surface area contributed by atoms with Gasteiger partial charge in [0.2, 0.25) is 5.91 Å². The van der Waals surface area contributed by atoms with Crippen LogP contribution in [0.3, 0.4) is 0 Å². The molecule has 100 valence electrons. The number of thioether (sulfide) groups is 1. The minimum atomic E-state index is -0.393. The first-order valence-electron chi connectivity index (χ1n) is 6.33. The van der Waals surface area contributed by atoms with Gasteiger partial charge in [-0.15, -0.1) is 0 Å². The van der Waals surface area contributed by atoms with Gasteiger partial charge in [0.1, 0.15) is 0 Å². The zero-order chi connectivity index (χ0) is 12.7. The van der Waals surface area contributed by atoms with Crippen LogP contribution in [0.4, 0.5) is 0 Å². The number of carbonyl (C=O) groups is 1.